The van der Waals surface area contributed by atoms with Gasteiger partial charge in [0.25, 0.3) is 0 Å². The second-order valence-corrected chi connectivity index (χ2v) is 4.50. The first-order valence-electron chi connectivity index (χ1n) is 6.82. The van der Waals surface area contributed by atoms with Crippen molar-refractivity contribution in [3.05, 3.63) is 65.7 Å². The van der Waals surface area contributed by atoms with Crippen LogP contribution in [0.25, 0.3) is 0 Å². The fourth-order valence-corrected chi connectivity index (χ4v) is 1.84. The van der Waals surface area contributed by atoms with E-state index >= 15 is 0 Å². The van der Waals surface area contributed by atoms with Crippen molar-refractivity contribution < 1.29 is 19.4 Å². The van der Waals surface area contributed by atoms with Crippen LogP contribution in [-0.4, -0.2) is 17.7 Å². The molecule has 0 radical (unpaired) electrons. The van der Waals surface area contributed by atoms with Crippen LogP contribution < -0.4 is 4.74 Å². The molecule has 5 heteroatoms. The Bertz CT molecular complexity index is 569. The average molecular weight is 323 g/mol. The molecule has 0 saturated heterocycles. The maximum atomic E-state index is 11.4. The Balaban J connectivity index is 0.00000242. The van der Waals surface area contributed by atoms with Crippen LogP contribution in [0.4, 0.5) is 0 Å². The highest BCUT2D eigenvalue weighted by Crippen LogP contribution is 2.19. The number of ether oxygens (including phenoxy) is 2. The molecule has 0 aliphatic heterocycles. The van der Waals surface area contributed by atoms with E-state index in [-0.39, 0.29) is 19.0 Å². The molecule has 1 atom stereocenters. The third kappa shape index (κ3) is 5.06. The Morgan fingerprint density at radius 3 is 2.32 bits per heavy atom. The minimum Gasteiger partial charge on any atom is -0.489 e. The summed E-state index contributed by atoms with van der Waals surface area (Å²) in [6, 6.07) is 16.6. The summed E-state index contributed by atoms with van der Waals surface area (Å²) in [7, 11) is 0. The van der Waals surface area contributed by atoms with Crippen LogP contribution in [0.5, 0.6) is 5.75 Å². The van der Waals surface area contributed by atoms with Gasteiger partial charge in [-0.3, -0.25) is 0 Å². The zero-order valence-corrected chi connectivity index (χ0v) is 13.1. The van der Waals surface area contributed by atoms with Crippen molar-refractivity contribution in [2.75, 3.05) is 6.61 Å². The van der Waals surface area contributed by atoms with E-state index in [9.17, 15) is 9.90 Å². The van der Waals surface area contributed by atoms with Crippen LogP contribution in [0.1, 0.15) is 24.2 Å². The van der Waals surface area contributed by atoms with Gasteiger partial charge in [0, 0.05) is 0 Å². The Kier molecular flexibility index (Phi) is 7.43. The van der Waals surface area contributed by atoms with Crippen LogP contribution in [0.15, 0.2) is 54.6 Å². The molecule has 2 rings (SSSR count). The first-order valence-corrected chi connectivity index (χ1v) is 6.82. The van der Waals surface area contributed by atoms with Crippen LogP contribution >= 0.6 is 12.4 Å². The van der Waals surface area contributed by atoms with E-state index in [1.165, 1.54) is 0 Å². The number of carbonyl (C=O) groups excluding carboxylic acids is 1. The van der Waals surface area contributed by atoms with Gasteiger partial charge in [-0.05, 0) is 30.2 Å². The average Bonchev–Trinajstić information content (AvgIpc) is 2.54. The lowest BCUT2D eigenvalue weighted by atomic mass is 10.1. The predicted octanol–water partition coefficient (Wildman–Crippen LogP) is 3.28. The van der Waals surface area contributed by atoms with E-state index < -0.39 is 12.1 Å². The first kappa shape index (κ1) is 18.0. The van der Waals surface area contributed by atoms with Crippen molar-refractivity contribution in [2.45, 2.75) is 19.6 Å². The molecular formula is C17H19ClO4. The molecule has 4 nitrogen and oxygen atoms in total. The Morgan fingerprint density at radius 1 is 1.09 bits per heavy atom. The number of aliphatic hydroxyl groups excluding tert-OH is 1. The van der Waals surface area contributed by atoms with Gasteiger partial charge in [0.1, 0.15) is 12.4 Å². The van der Waals surface area contributed by atoms with Gasteiger partial charge in [0.2, 0.25) is 0 Å². The lowest BCUT2D eigenvalue weighted by Gasteiger charge is -2.11. The van der Waals surface area contributed by atoms with Crippen molar-refractivity contribution in [2.24, 2.45) is 0 Å². The number of hydrogen-bond donors (Lipinski definition) is 1. The van der Waals surface area contributed by atoms with Gasteiger partial charge in [0.15, 0.2) is 6.10 Å². The highest BCUT2D eigenvalue weighted by atomic mass is 35.5. The molecule has 118 valence electrons. The van der Waals surface area contributed by atoms with E-state index in [4.69, 9.17) is 9.47 Å². The Labute approximate surface area is 136 Å². The minimum absolute atomic E-state index is 0. The summed E-state index contributed by atoms with van der Waals surface area (Å²) in [6.45, 7) is 2.42. The zero-order valence-electron chi connectivity index (χ0n) is 12.3. The fraction of sp³-hybridized carbons (Fsp3) is 0.235. The molecule has 22 heavy (non-hydrogen) atoms. The second kappa shape index (κ2) is 9.07. The van der Waals surface area contributed by atoms with E-state index in [1.54, 1.807) is 31.2 Å². The van der Waals surface area contributed by atoms with Gasteiger partial charge in [-0.15, -0.1) is 12.4 Å². The van der Waals surface area contributed by atoms with Crippen molar-refractivity contribution >= 4 is 18.4 Å². The monoisotopic (exact) mass is 322 g/mol. The molecule has 0 saturated carbocycles. The Morgan fingerprint density at radius 2 is 1.73 bits per heavy atom. The molecule has 1 N–H and O–H groups in total. The maximum absolute atomic E-state index is 11.4. The normalized spacial score (nSPS) is 11.2. The molecule has 0 amide bonds. The van der Waals surface area contributed by atoms with Crippen LogP contribution in [0.3, 0.4) is 0 Å². The van der Waals surface area contributed by atoms with E-state index in [1.807, 2.05) is 30.3 Å². The van der Waals surface area contributed by atoms with Gasteiger partial charge < -0.3 is 14.6 Å². The summed E-state index contributed by atoms with van der Waals surface area (Å²) < 4.78 is 10.4. The highest BCUT2D eigenvalue weighted by molar-refractivity contribution is 5.85. The Hall–Kier alpha value is -2.04. The number of hydrogen-bond acceptors (Lipinski definition) is 4. The topological polar surface area (TPSA) is 55.8 Å². The number of halogens is 1. The van der Waals surface area contributed by atoms with Gasteiger partial charge in [0.05, 0.1) is 6.61 Å². The number of esters is 1. The SMILES string of the molecule is CCOC(=O)C(O)c1ccc(OCc2ccccc2)cc1.Cl. The quantitative estimate of drug-likeness (QED) is 0.829. The van der Waals surface area contributed by atoms with Crippen LogP contribution in [0, 0.1) is 0 Å². The van der Waals surface area contributed by atoms with Gasteiger partial charge in [-0.2, -0.15) is 0 Å². The summed E-state index contributed by atoms with van der Waals surface area (Å²) in [5.74, 6) is 0.0362. The molecule has 0 bridgehead atoms. The summed E-state index contributed by atoms with van der Waals surface area (Å²) in [6.07, 6.45) is -1.26. The van der Waals surface area contributed by atoms with Crippen molar-refractivity contribution in [3.63, 3.8) is 0 Å². The molecule has 0 aliphatic carbocycles. The molecule has 2 aromatic carbocycles. The zero-order chi connectivity index (χ0) is 15.1. The van der Waals surface area contributed by atoms with Crippen molar-refractivity contribution in [1.29, 1.82) is 0 Å². The van der Waals surface area contributed by atoms with Crippen molar-refractivity contribution in [3.8, 4) is 5.75 Å². The number of benzene rings is 2. The number of aliphatic hydroxyl groups is 1. The fourth-order valence-electron chi connectivity index (χ4n) is 1.84. The smallest absolute Gasteiger partial charge is 0.339 e. The van der Waals surface area contributed by atoms with E-state index in [0.717, 1.165) is 5.56 Å². The summed E-state index contributed by atoms with van der Waals surface area (Å²) in [5, 5.41) is 9.80. The lowest BCUT2D eigenvalue weighted by Crippen LogP contribution is -2.15. The van der Waals surface area contributed by atoms with Crippen LogP contribution in [0.2, 0.25) is 0 Å². The van der Waals surface area contributed by atoms with Gasteiger partial charge in [-0.1, -0.05) is 42.5 Å². The van der Waals surface area contributed by atoms with E-state index in [0.29, 0.717) is 17.9 Å². The lowest BCUT2D eigenvalue weighted by molar-refractivity contribution is -0.153. The third-order valence-corrected chi connectivity index (χ3v) is 2.95. The molecule has 0 spiro atoms. The van der Waals surface area contributed by atoms with Crippen LogP contribution in [-0.2, 0) is 16.1 Å². The predicted molar refractivity (Wildman–Crippen MR) is 86.1 cm³/mol. The third-order valence-electron chi connectivity index (χ3n) is 2.95. The van der Waals surface area contributed by atoms with Gasteiger partial charge in [-0.25, -0.2) is 4.79 Å². The van der Waals surface area contributed by atoms with Crippen molar-refractivity contribution in [1.82, 2.24) is 0 Å². The van der Waals surface area contributed by atoms with Gasteiger partial charge >= 0.3 is 5.97 Å². The molecule has 2 aromatic rings. The summed E-state index contributed by atoms with van der Waals surface area (Å²) >= 11 is 0. The molecule has 0 fully saturated rings. The largest absolute Gasteiger partial charge is 0.489 e. The molecule has 0 heterocycles. The summed E-state index contributed by atoms with van der Waals surface area (Å²) in [5.41, 5.74) is 1.56. The molecule has 0 aromatic heterocycles. The molecule has 0 aliphatic rings. The minimum atomic E-state index is -1.26. The first-order chi connectivity index (χ1) is 10.2. The number of rotatable bonds is 6. The second-order valence-electron chi connectivity index (χ2n) is 4.50. The molecule has 1 unspecified atom stereocenters. The maximum Gasteiger partial charge on any atom is 0.339 e. The van der Waals surface area contributed by atoms with E-state index in [2.05, 4.69) is 0 Å². The summed E-state index contributed by atoms with van der Waals surface area (Å²) in [4.78, 5) is 11.4. The highest BCUT2D eigenvalue weighted by Gasteiger charge is 2.18. The molecular weight excluding hydrogens is 304 g/mol. The number of carbonyl (C=O) groups is 1. The standard InChI is InChI=1S/C17H18O4.ClH/c1-2-20-17(19)16(18)14-8-10-15(11-9-14)21-12-13-6-4-3-5-7-13;/h3-11,16,18H,2,12H2,1H3;1H.